The van der Waals surface area contributed by atoms with E-state index in [0.29, 0.717) is 17.2 Å². The summed E-state index contributed by atoms with van der Waals surface area (Å²) < 4.78 is 0. The van der Waals surface area contributed by atoms with Crippen LogP contribution in [0.25, 0.3) is 0 Å². The molecule has 0 unspecified atom stereocenters. The first-order valence-corrected chi connectivity index (χ1v) is 7.14. The van der Waals surface area contributed by atoms with Crippen molar-refractivity contribution >= 4 is 17.3 Å². The highest BCUT2D eigenvalue weighted by Crippen LogP contribution is 2.24. The van der Waals surface area contributed by atoms with E-state index in [1.165, 1.54) is 0 Å². The van der Waals surface area contributed by atoms with Crippen molar-refractivity contribution in [3.63, 3.8) is 0 Å². The number of hydrogen-bond acceptors (Lipinski definition) is 4. The van der Waals surface area contributed by atoms with Crippen LogP contribution in [-0.2, 0) is 0 Å². The molecule has 0 radical (unpaired) electrons. The van der Waals surface area contributed by atoms with E-state index in [1.54, 1.807) is 12.1 Å². The van der Waals surface area contributed by atoms with E-state index >= 15 is 0 Å². The normalized spacial score (nSPS) is 16.6. The molecule has 1 amide bonds. The summed E-state index contributed by atoms with van der Waals surface area (Å²) in [6, 6.07) is 5.28. The van der Waals surface area contributed by atoms with Crippen LogP contribution in [0.5, 0.6) is 0 Å². The molecule has 1 fully saturated rings. The molecule has 0 aliphatic carbocycles. The van der Waals surface area contributed by atoms with Gasteiger partial charge in [-0.1, -0.05) is 13.8 Å². The fourth-order valence-corrected chi connectivity index (χ4v) is 2.71. The van der Waals surface area contributed by atoms with Crippen molar-refractivity contribution in [3.8, 4) is 0 Å². The van der Waals surface area contributed by atoms with Crippen molar-refractivity contribution in [2.24, 2.45) is 11.7 Å². The van der Waals surface area contributed by atoms with Gasteiger partial charge in [0.05, 0.1) is 11.3 Å². The second-order valence-corrected chi connectivity index (χ2v) is 5.82. The summed E-state index contributed by atoms with van der Waals surface area (Å²) in [6.45, 7) is 9.39. The van der Waals surface area contributed by atoms with Crippen LogP contribution in [0, 0.1) is 5.92 Å². The van der Waals surface area contributed by atoms with Gasteiger partial charge in [0.2, 0.25) is 0 Å². The van der Waals surface area contributed by atoms with Gasteiger partial charge in [-0.05, 0) is 24.1 Å². The molecule has 5 nitrogen and oxygen atoms in total. The first-order valence-electron chi connectivity index (χ1n) is 7.14. The Bertz CT molecular complexity index is 479. The maximum Gasteiger partial charge on any atom is 0.250 e. The topological polar surface area (TPSA) is 75.6 Å². The maximum atomic E-state index is 11.5. The summed E-state index contributed by atoms with van der Waals surface area (Å²) in [5, 5.41) is 0. The molecule has 20 heavy (non-hydrogen) atoms. The molecule has 1 aromatic carbocycles. The average Bonchev–Trinajstić information content (AvgIpc) is 2.38. The molecule has 0 atom stereocenters. The summed E-state index contributed by atoms with van der Waals surface area (Å²) in [4.78, 5) is 16.2. The Hall–Kier alpha value is -1.75. The zero-order valence-electron chi connectivity index (χ0n) is 12.3. The molecule has 0 bridgehead atoms. The number of nitrogen functional groups attached to an aromatic ring is 1. The molecule has 2 rings (SSSR count). The number of hydrogen-bond donors (Lipinski definition) is 2. The van der Waals surface area contributed by atoms with Crippen LogP contribution >= 0.6 is 0 Å². The number of benzene rings is 1. The van der Waals surface area contributed by atoms with E-state index in [-0.39, 0.29) is 0 Å². The average molecular weight is 276 g/mol. The number of nitrogens with zero attached hydrogens (tertiary/aromatic N) is 2. The zero-order chi connectivity index (χ0) is 14.7. The summed E-state index contributed by atoms with van der Waals surface area (Å²) in [6.07, 6.45) is 0. The Kier molecular flexibility index (Phi) is 4.49. The zero-order valence-corrected chi connectivity index (χ0v) is 12.3. The summed E-state index contributed by atoms with van der Waals surface area (Å²) in [5.41, 5.74) is 13.4. The van der Waals surface area contributed by atoms with Crippen molar-refractivity contribution in [1.29, 1.82) is 0 Å². The molecule has 1 saturated heterocycles. The number of carbonyl (C=O) groups is 1. The standard InChI is InChI=1S/C15H24N4O/c1-11(2)10-18-5-7-19(8-6-18)14-9-12(16)3-4-13(14)15(17)20/h3-4,9,11H,5-8,10,16H2,1-2H3,(H2,17,20). The molecule has 0 saturated carbocycles. The monoisotopic (exact) mass is 276 g/mol. The van der Waals surface area contributed by atoms with Crippen molar-refractivity contribution in [2.75, 3.05) is 43.4 Å². The summed E-state index contributed by atoms with van der Waals surface area (Å²) in [5.74, 6) is 0.278. The maximum absolute atomic E-state index is 11.5. The minimum absolute atomic E-state index is 0.399. The van der Waals surface area contributed by atoms with Gasteiger partial charge in [0, 0.05) is 38.4 Å². The molecule has 0 aromatic heterocycles. The van der Waals surface area contributed by atoms with Gasteiger partial charge in [-0.3, -0.25) is 9.69 Å². The Labute approximate surface area is 120 Å². The highest BCUT2D eigenvalue weighted by molar-refractivity contribution is 5.99. The molecule has 0 spiro atoms. The minimum Gasteiger partial charge on any atom is -0.399 e. The van der Waals surface area contributed by atoms with E-state index in [0.717, 1.165) is 38.4 Å². The first-order chi connectivity index (χ1) is 9.47. The van der Waals surface area contributed by atoms with Gasteiger partial charge < -0.3 is 16.4 Å². The SMILES string of the molecule is CC(C)CN1CCN(c2cc(N)ccc2C(N)=O)CC1. The Morgan fingerprint density at radius 3 is 2.45 bits per heavy atom. The number of rotatable bonds is 4. The predicted octanol–water partition coefficient (Wildman–Crippen LogP) is 1.15. The van der Waals surface area contributed by atoms with Gasteiger partial charge in [-0.25, -0.2) is 0 Å². The number of anilines is 2. The number of nitrogens with two attached hydrogens (primary N) is 2. The molecule has 1 heterocycles. The summed E-state index contributed by atoms with van der Waals surface area (Å²) >= 11 is 0. The van der Waals surface area contributed by atoms with Crippen LogP contribution in [0.1, 0.15) is 24.2 Å². The van der Waals surface area contributed by atoms with Gasteiger partial charge in [-0.15, -0.1) is 0 Å². The third kappa shape index (κ3) is 3.42. The number of piperazine rings is 1. The number of primary amides is 1. The molecule has 4 N–H and O–H groups in total. The van der Waals surface area contributed by atoms with Gasteiger partial charge in [0.25, 0.3) is 5.91 Å². The molecular weight excluding hydrogens is 252 g/mol. The van der Waals surface area contributed by atoms with Gasteiger partial charge in [0.1, 0.15) is 0 Å². The minimum atomic E-state index is -0.399. The smallest absolute Gasteiger partial charge is 0.250 e. The highest BCUT2D eigenvalue weighted by atomic mass is 16.1. The molecule has 1 aromatic rings. The Balaban J connectivity index is 2.10. The predicted molar refractivity (Wildman–Crippen MR) is 82.9 cm³/mol. The third-order valence-electron chi connectivity index (χ3n) is 3.62. The van der Waals surface area contributed by atoms with Crippen molar-refractivity contribution in [2.45, 2.75) is 13.8 Å². The summed E-state index contributed by atoms with van der Waals surface area (Å²) in [7, 11) is 0. The van der Waals surface area contributed by atoms with E-state index in [1.807, 2.05) is 6.07 Å². The van der Waals surface area contributed by atoms with Crippen LogP contribution in [0.3, 0.4) is 0 Å². The molecular formula is C15H24N4O. The molecule has 110 valence electrons. The molecule has 5 heteroatoms. The highest BCUT2D eigenvalue weighted by Gasteiger charge is 2.21. The van der Waals surface area contributed by atoms with E-state index < -0.39 is 5.91 Å². The largest absolute Gasteiger partial charge is 0.399 e. The third-order valence-corrected chi connectivity index (χ3v) is 3.62. The van der Waals surface area contributed by atoms with E-state index in [2.05, 4.69) is 23.6 Å². The van der Waals surface area contributed by atoms with Crippen LogP contribution in [0.15, 0.2) is 18.2 Å². The van der Waals surface area contributed by atoms with Gasteiger partial charge in [0.15, 0.2) is 0 Å². The van der Waals surface area contributed by atoms with Crippen LogP contribution in [0.2, 0.25) is 0 Å². The van der Waals surface area contributed by atoms with Crippen LogP contribution < -0.4 is 16.4 Å². The number of carbonyl (C=O) groups excluding carboxylic acids is 1. The fraction of sp³-hybridized carbons (Fsp3) is 0.533. The van der Waals surface area contributed by atoms with Crippen LogP contribution in [-0.4, -0.2) is 43.5 Å². The second-order valence-electron chi connectivity index (χ2n) is 5.82. The lowest BCUT2D eigenvalue weighted by molar-refractivity contribution is 0.100. The van der Waals surface area contributed by atoms with Gasteiger partial charge >= 0.3 is 0 Å². The molecule has 1 aliphatic heterocycles. The van der Waals surface area contributed by atoms with Crippen LogP contribution in [0.4, 0.5) is 11.4 Å². The van der Waals surface area contributed by atoms with E-state index in [9.17, 15) is 4.79 Å². The Morgan fingerprint density at radius 1 is 1.25 bits per heavy atom. The lowest BCUT2D eigenvalue weighted by Gasteiger charge is -2.37. The molecule has 1 aliphatic rings. The lowest BCUT2D eigenvalue weighted by Crippen LogP contribution is -2.47. The number of amides is 1. The quantitative estimate of drug-likeness (QED) is 0.809. The van der Waals surface area contributed by atoms with E-state index in [4.69, 9.17) is 11.5 Å². The van der Waals surface area contributed by atoms with Crippen molar-refractivity contribution in [3.05, 3.63) is 23.8 Å². The van der Waals surface area contributed by atoms with Crippen molar-refractivity contribution in [1.82, 2.24) is 4.90 Å². The second kappa shape index (κ2) is 6.13. The lowest BCUT2D eigenvalue weighted by atomic mass is 10.1. The van der Waals surface area contributed by atoms with Gasteiger partial charge in [-0.2, -0.15) is 0 Å². The van der Waals surface area contributed by atoms with Crippen molar-refractivity contribution < 1.29 is 4.79 Å². The Morgan fingerprint density at radius 2 is 1.90 bits per heavy atom. The fourth-order valence-electron chi connectivity index (χ4n) is 2.71. The first kappa shape index (κ1) is 14.7.